The van der Waals surface area contributed by atoms with Gasteiger partial charge < -0.3 is 24.7 Å². The van der Waals surface area contributed by atoms with Crippen molar-refractivity contribution in [2.24, 2.45) is 0 Å². The summed E-state index contributed by atoms with van der Waals surface area (Å²) in [5.41, 5.74) is 2.94. The standard InChI is InChI=1S/C30H44N8O3S/c1-6-30(4,5)36-16-18-37(19-17-36)38(42(40)41)24-9-10-25-23(20-24)21-27(33-25)29(39)35-14-12-34(13-15-35)28-26(32-22(2)3)8-7-11-31-28/h7-11,20-22,32-33H,6,12-19H2,1-5H3,(H,40,41)/p-1. The van der Waals surface area contributed by atoms with Crippen LogP contribution in [0, 0.1) is 0 Å². The van der Waals surface area contributed by atoms with E-state index in [-0.39, 0.29) is 11.4 Å². The van der Waals surface area contributed by atoms with Gasteiger partial charge in [0.25, 0.3) is 5.91 Å². The van der Waals surface area contributed by atoms with Crippen molar-refractivity contribution >= 4 is 45.3 Å². The molecule has 4 heterocycles. The highest BCUT2D eigenvalue weighted by Gasteiger charge is 2.31. The summed E-state index contributed by atoms with van der Waals surface area (Å²) in [5, 5.41) is 6.14. The molecule has 0 aliphatic carbocycles. The fraction of sp³-hybridized carbons (Fsp3) is 0.533. The number of hydrogen-bond acceptors (Lipinski definition) is 8. The lowest BCUT2D eigenvalue weighted by Gasteiger charge is -2.47. The van der Waals surface area contributed by atoms with Gasteiger partial charge in [-0.25, -0.2) is 14.4 Å². The quantitative estimate of drug-likeness (QED) is 0.361. The molecule has 2 aliphatic rings. The van der Waals surface area contributed by atoms with Crippen LogP contribution in [0.25, 0.3) is 10.9 Å². The van der Waals surface area contributed by atoms with Crippen LogP contribution in [0.4, 0.5) is 17.2 Å². The van der Waals surface area contributed by atoms with E-state index in [0.29, 0.717) is 56.7 Å². The van der Waals surface area contributed by atoms with Crippen LogP contribution in [0.15, 0.2) is 42.6 Å². The second-order valence-electron chi connectivity index (χ2n) is 12.0. The van der Waals surface area contributed by atoms with Gasteiger partial charge in [0.05, 0.1) is 22.6 Å². The van der Waals surface area contributed by atoms with E-state index >= 15 is 0 Å². The highest BCUT2D eigenvalue weighted by Crippen LogP contribution is 2.29. The summed E-state index contributed by atoms with van der Waals surface area (Å²) in [7, 11) is 0. The monoisotopic (exact) mass is 595 g/mol. The van der Waals surface area contributed by atoms with Crippen LogP contribution in [-0.4, -0.2) is 103 Å². The minimum Gasteiger partial charge on any atom is -0.754 e. The van der Waals surface area contributed by atoms with Crippen molar-refractivity contribution in [1.82, 2.24) is 24.8 Å². The van der Waals surface area contributed by atoms with E-state index in [1.54, 1.807) is 12.3 Å². The molecule has 3 aromatic rings. The van der Waals surface area contributed by atoms with E-state index in [4.69, 9.17) is 0 Å². The molecule has 11 nitrogen and oxygen atoms in total. The molecule has 2 saturated heterocycles. The van der Waals surface area contributed by atoms with Crippen LogP contribution < -0.4 is 14.6 Å². The Morgan fingerprint density at radius 2 is 1.81 bits per heavy atom. The fourth-order valence-corrected chi connectivity index (χ4v) is 6.41. The number of amides is 1. The second-order valence-corrected chi connectivity index (χ2v) is 12.8. The molecule has 2 fully saturated rings. The topological polar surface area (TPSA) is 114 Å². The number of hydrogen-bond donors (Lipinski definition) is 2. The van der Waals surface area contributed by atoms with Gasteiger partial charge in [-0.15, -0.1) is 0 Å². The summed E-state index contributed by atoms with van der Waals surface area (Å²) >= 11 is -2.47. The molecule has 12 heteroatoms. The average molecular weight is 596 g/mol. The van der Waals surface area contributed by atoms with Crippen LogP contribution in [0.5, 0.6) is 0 Å². The number of piperazine rings is 2. The molecule has 2 aromatic heterocycles. The third-order valence-corrected chi connectivity index (χ3v) is 9.25. The number of benzene rings is 1. The van der Waals surface area contributed by atoms with Crippen molar-refractivity contribution in [3.63, 3.8) is 0 Å². The number of aromatic nitrogens is 2. The lowest BCUT2D eigenvalue weighted by molar-refractivity contribution is 0.0523. The molecule has 0 bridgehead atoms. The molecule has 42 heavy (non-hydrogen) atoms. The number of anilines is 3. The minimum absolute atomic E-state index is 0.0622. The number of hydrazine groups is 1. The number of nitrogens with zero attached hydrogens (tertiary/aromatic N) is 6. The number of rotatable bonds is 9. The summed E-state index contributed by atoms with van der Waals surface area (Å²) in [6.45, 7) is 16.2. The first-order valence-electron chi connectivity index (χ1n) is 14.9. The Bertz CT molecular complexity index is 1410. The van der Waals surface area contributed by atoms with Crippen molar-refractivity contribution in [3.8, 4) is 0 Å². The zero-order chi connectivity index (χ0) is 30.0. The summed E-state index contributed by atoms with van der Waals surface area (Å²) in [6.07, 6.45) is 2.83. The van der Waals surface area contributed by atoms with Gasteiger partial charge in [0, 0.05) is 81.0 Å². The normalized spacial score (nSPS) is 18.1. The zero-order valence-corrected chi connectivity index (χ0v) is 26.1. The van der Waals surface area contributed by atoms with Gasteiger partial charge in [0.2, 0.25) is 0 Å². The van der Waals surface area contributed by atoms with Crippen LogP contribution >= 0.6 is 0 Å². The van der Waals surface area contributed by atoms with Gasteiger partial charge in [-0.3, -0.25) is 13.9 Å². The van der Waals surface area contributed by atoms with E-state index in [9.17, 15) is 13.6 Å². The molecule has 1 unspecified atom stereocenters. The Hall–Kier alpha value is -3.19. The molecule has 5 rings (SSSR count). The third-order valence-electron chi connectivity index (χ3n) is 8.53. The smallest absolute Gasteiger partial charge is 0.270 e. The molecule has 2 aliphatic heterocycles. The maximum atomic E-state index is 13.5. The van der Waals surface area contributed by atoms with Crippen LogP contribution in [0.2, 0.25) is 0 Å². The number of carbonyl (C=O) groups is 1. The number of pyridine rings is 1. The van der Waals surface area contributed by atoms with Crippen LogP contribution in [0.1, 0.15) is 51.5 Å². The Balaban J connectivity index is 1.26. The van der Waals surface area contributed by atoms with Gasteiger partial charge in [-0.2, -0.15) is 0 Å². The van der Waals surface area contributed by atoms with Gasteiger partial charge in [0.1, 0.15) is 5.69 Å². The molecular weight excluding hydrogens is 552 g/mol. The predicted molar refractivity (Wildman–Crippen MR) is 168 cm³/mol. The largest absolute Gasteiger partial charge is 0.754 e. The Kier molecular flexibility index (Phi) is 9.07. The van der Waals surface area contributed by atoms with E-state index in [2.05, 4.69) is 59.7 Å². The summed E-state index contributed by atoms with van der Waals surface area (Å²) in [5.74, 6) is 0.847. The summed E-state index contributed by atoms with van der Waals surface area (Å²) in [4.78, 5) is 27.8. The molecule has 0 saturated carbocycles. The molecule has 1 aromatic carbocycles. The minimum atomic E-state index is -2.47. The highest BCUT2D eigenvalue weighted by molar-refractivity contribution is 7.80. The Morgan fingerprint density at radius 3 is 2.45 bits per heavy atom. The first-order chi connectivity index (χ1) is 20.1. The van der Waals surface area contributed by atoms with Crippen LogP contribution in [0.3, 0.4) is 0 Å². The van der Waals surface area contributed by atoms with Crippen molar-refractivity contribution in [2.45, 2.75) is 52.6 Å². The maximum Gasteiger partial charge on any atom is 0.270 e. The molecule has 1 atom stereocenters. The molecule has 0 radical (unpaired) electrons. The van der Waals surface area contributed by atoms with E-state index < -0.39 is 11.3 Å². The number of carbonyl (C=O) groups excluding carboxylic acids is 1. The number of aromatic amines is 1. The van der Waals surface area contributed by atoms with Crippen molar-refractivity contribution in [3.05, 3.63) is 48.3 Å². The maximum absolute atomic E-state index is 13.5. The number of fused-ring (bicyclic) bond motifs is 1. The van der Waals surface area contributed by atoms with Gasteiger partial charge in [0.15, 0.2) is 5.82 Å². The molecule has 2 N–H and O–H groups in total. The third kappa shape index (κ3) is 6.41. The summed E-state index contributed by atoms with van der Waals surface area (Å²) in [6, 6.07) is 11.6. The van der Waals surface area contributed by atoms with Crippen molar-refractivity contribution in [2.75, 3.05) is 67.0 Å². The van der Waals surface area contributed by atoms with E-state index in [1.165, 1.54) is 4.41 Å². The molecule has 1 amide bonds. The lowest BCUT2D eigenvalue weighted by Crippen LogP contribution is -2.58. The SMILES string of the molecule is CCC(C)(C)N1CCN(N(c2ccc3[nH]c(C(=O)N4CCN(c5ncccc5NC(C)C)CC4)cc3c2)S(=O)[O-])CC1. The van der Waals surface area contributed by atoms with E-state index in [0.717, 1.165) is 41.9 Å². The van der Waals surface area contributed by atoms with Crippen molar-refractivity contribution < 1.29 is 13.6 Å². The van der Waals surface area contributed by atoms with Gasteiger partial charge in [-0.05, 0) is 70.5 Å². The zero-order valence-electron chi connectivity index (χ0n) is 25.3. The molecule has 0 spiro atoms. The number of nitrogens with one attached hydrogen (secondary N) is 2. The van der Waals surface area contributed by atoms with Crippen LogP contribution in [-0.2, 0) is 11.3 Å². The Labute approximate surface area is 251 Å². The second kappa shape index (κ2) is 12.6. The van der Waals surface area contributed by atoms with E-state index in [1.807, 2.05) is 40.2 Å². The van der Waals surface area contributed by atoms with Gasteiger partial charge in [-0.1, -0.05) is 6.92 Å². The fourth-order valence-electron chi connectivity index (χ4n) is 5.77. The lowest BCUT2D eigenvalue weighted by atomic mass is 9.98. The van der Waals surface area contributed by atoms with Gasteiger partial charge >= 0.3 is 0 Å². The Morgan fingerprint density at radius 1 is 1.10 bits per heavy atom. The summed E-state index contributed by atoms with van der Waals surface area (Å²) < 4.78 is 26.1. The molecule has 228 valence electrons. The first kappa shape index (κ1) is 30.3. The average Bonchev–Trinajstić information content (AvgIpc) is 3.41. The predicted octanol–water partition coefficient (Wildman–Crippen LogP) is 3.67. The first-order valence-corrected chi connectivity index (χ1v) is 15.9. The van der Waals surface area contributed by atoms with Crippen molar-refractivity contribution in [1.29, 1.82) is 0 Å². The number of H-pyrrole nitrogens is 1. The molecular formula is C30H43N8O3S-. The highest BCUT2D eigenvalue weighted by atomic mass is 32.2.